The minimum Gasteiger partial charge on any atom is -0.494 e. The quantitative estimate of drug-likeness (QED) is 0.753. The van der Waals surface area contributed by atoms with Gasteiger partial charge >= 0.3 is 5.97 Å². The second-order valence-corrected chi connectivity index (χ2v) is 8.61. The lowest BCUT2D eigenvalue weighted by atomic mass is 9.86. The minimum absolute atomic E-state index is 0.00569. The molecular formula is C19H18FNO5S. The van der Waals surface area contributed by atoms with Gasteiger partial charge in [0.15, 0.2) is 17.2 Å². The van der Waals surface area contributed by atoms with Crippen LogP contribution in [0.4, 0.5) is 4.39 Å². The van der Waals surface area contributed by atoms with Crippen LogP contribution in [0, 0.1) is 5.82 Å². The summed E-state index contributed by atoms with van der Waals surface area (Å²) in [4.78, 5) is 12.1. The van der Waals surface area contributed by atoms with Gasteiger partial charge in [0.1, 0.15) is 0 Å². The van der Waals surface area contributed by atoms with Crippen LogP contribution in [0.2, 0.25) is 0 Å². The number of halogens is 1. The summed E-state index contributed by atoms with van der Waals surface area (Å²) in [6.07, 6.45) is 1.07. The fraction of sp³-hybridized carbons (Fsp3) is 0.316. The van der Waals surface area contributed by atoms with Crippen LogP contribution in [-0.2, 0) is 20.4 Å². The summed E-state index contributed by atoms with van der Waals surface area (Å²) in [5, 5.41) is 0. The van der Waals surface area contributed by atoms with Gasteiger partial charge in [-0.05, 0) is 37.1 Å². The number of methoxy groups -OCH3 is 1. The van der Waals surface area contributed by atoms with Crippen molar-refractivity contribution in [3.8, 4) is 5.75 Å². The van der Waals surface area contributed by atoms with Crippen molar-refractivity contribution in [3.05, 3.63) is 59.4 Å². The molecule has 0 bridgehead atoms. The van der Waals surface area contributed by atoms with Gasteiger partial charge < -0.3 is 9.47 Å². The van der Waals surface area contributed by atoms with Crippen molar-refractivity contribution in [1.82, 2.24) is 4.31 Å². The predicted octanol–water partition coefficient (Wildman–Crippen LogP) is 2.68. The molecule has 2 heterocycles. The lowest BCUT2D eigenvalue weighted by molar-refractivity contribution is -0.0345. The van der Waals surface area contributed by atoms with Crippen LogP contribution >= 0.6 is 0 Å². The number of piperidine rings is 1. The molecule has 0 saturated carbocycles. The molecule has 0 N–H and O–H groups in total. The van der Waals surface area contributed by atoms with Crippen LogP contribution in [-0.4, -0.2) is 38.9 Å². The molecule has 1 atom stereocenters. The van der Waals surface area contributed by atoms with E-state index >= 15 is 0 Å². The molecule has 0 unspecified atom stereocenters. The predicted molar refractivity (Wildman–Crippen MR) is 94.5 cm³/mol. The first kappa shape index (κ1) is 17.9. The van der Waals surface area contributed by atoms with Crippen LogP contribution in [0.3, 0.4) is 0 Å². The first-order chi connectivity index (χ1) is 12.9. The number of carbonyl (C=O) groups is 1. The highest BCUT2D eigenvalue weighted by Crippen LogP contribution is 2.43. The van der Waals surface area contributed by atoms with Crippen molar-refractivity contribution in [1.29, 1.82) is 0 Å². The molecule has 142 valence electrons. The molecule has 0 radical (unpaired) electrons. The maximum atomic E-state index is 14.0. The monoisotopic (exact) mass is 391 g/mol. The Morgan fingerprint density at radius 2 is 2.00 bits per heavy atom. The van der Waals surface area contributed by atoms with Crippen LogP contribution < -0.4 is 4.74 Å². The number of benzene rings is 2. The average Bonchev–Trinajstić information content (AvgIpc) is 2.93. The molecule has 0 amide bonds. The highest BCUT2D eigenvalue weighted by atomic mass is 32.2. The average molecular weight is 391 g/mol. The van der Waals surface area contributed by atoms with E-state index < -0.39 is 27.4 Å². The van der Waals surface area contributed by atoms with E-state index in [9.17, 15) is 17.6 Å². The molecule has 2 aliphatic heterocycles. The Balaban J connectivity index is 1.70. The standard InChI is InChI=1S/C19H18FNO5S/c1-25-17-8-7-13(11-16(17)20)27(23,24)21-10-4-9-19(12-21)15-6-3-2-5-14(15)18(22)26-19/h2-3,5-8,11H,4,9-10,12H2,1H3/t19-/m1/s1. The van der Waals surface area contributed by atoms with Gasteiger partial charge in [-0.25, -0.2) is 17.6 Å². The van der Waals surface area contributed by atoms with Gasteiger partial charge in [-0.15, -0.1) is 0 Å². The molecule has 4 rings (SSSR count). The Hall–Kier alpha value is -2.45. The lowest BCUT2D eigenvalue weighted by Gasteiger charge is -2.38. The summed E-state index contributed by atoms with van der Waals surface area (Å²) >= 11 is 0. The van der Waals surface area contributed by atoms with Crippen molar-refractivity contribution in [2.45, 2.75) is 23.3 Å². The van der Waals surface area contributed by atoms with E-state index in [1.807, 2.05) is 0 Å². The second kappa shape index (κ2) is 6.31. The van der Waals surface area contributed by atoms with Gasteiger partial charge in [-0.1, -0.05) is 18.2 Å². The first-order valence-electron chi connectivity index (χ1n) is 8.54. The number of rotatable bonds is 3. The Morgan fingerprint density at radius 1 is 1.22 bits per heavy atom. The smallest absolute Gasteiger partial charge is 0.339 e. The van der Waals surface area contributed by atoms with Crippen molar-refractivity contribution in [2.75, 3.05) is 20.2 Å². The molecule has 1 spiro atoms. The Bertz CT molecular complexity index is 1020. The number of hydrogen-bond donors (Lipinski definition) is 0. The highest BCUT2D eigenvalue weighted by molar-refractivity contribution is 7.89. The highest BCUT2D eigenvalue weighted by Gasteiger charge is 2.50. The molecule has 1 saturated heterocycles. The van der Waals surface area contributed by atoms with Gasteiger partial charge in [0.25, 0.3) is 0 Å². The molecule has 8 heteroatoms. The molecule has 2 aromatic rings. The normalized spacial score (nSPS) is 22.5. The van der Waals surface area contributed by atoms with Crippen LogP contribution in [0.5, 0.6) is 5.75 Å². The van der Waals surface area contributed by atoms with E-state index in [-0.39, 0.29) is 23.7 Å². The molecule has 27 heavy (non-hydrogen) atoms. The first-order valence-corrected chi connectivity index (χ1v) is 9.98. The molecular weight excluding hydrogens is 373 g/mol. The Labute approximate surface area is 156 Å². The molecule has 1 fully saturated rings. The molecule has 0 aliphatic carbocycles. The second-order valence-electron chi connectivity index (χ2n) is 6.67. The van der Waals surface area contributed by atoms with Gasteiger partial charge in [0.05, 0.1) is 24.1 Å². The van der Waals surface area contributed by atoms with E-state index in [0.717, 1.165) is 6.07 Å². The zero-order valence-corrected chi connectivity index (χ0v) is 15.5. The number of hydrogen-bond acceptors (Lipinski definition) is 5. The topological polar surface area (TPSA) is 72.9 Å². The van der Waals surface area contributed by atoms with E-state index in [1.165, 1.54) is 23.5 Å². The van der Waals surface area contributed by atoms with E-state index in [1.54, 1.807) is 24.3 Å². The fourth-order valence-electron chi connectivity index (χ4n) is 3.79. The maximum absolute atomic E-state index is 14.0. The molecule has 2 aliphatic rings. The third-order valence-corrected chi connectivity index (χ3v) is 6.95. The number of sulfonamides is 1. The number of esters is 1. The molecule has 6 nitrogen and oxygen atoms in total. The summed E-state index contributed by atoms with van der Waals surface area (Å²) in [6.45, 7) is 0.281. The third kappa shape index (κ3) is 2.80. The van der Waals surface area contributed by atoms with Crippen LogP contribution in [0.15, 0.2) is 47.4 Å². The largest absolute Gasteiger partial charge is 0.494 e. The summed E-state index contributed by atoms with van der Waals surface area (Å²) in [5.41, 5.74) is 0.173. The summed E-state index contributed by atoms with van der Waals surface area (Å²) in [5.74, 6) is -1.22. The summed E-state index contributed by atoms with van der Waals surface area (Å²) in [7, 11) is -2.63. The van der Waals surface area contributed by atoms with Crippen molar-refractivity contribution >= 4 is 16.0 Å². The number of fused-ring (bicyclic) bond motifs is 2. The zero-order valence-electron chi connectivity index (χ0n) is 14.6. The SMILES string of the molecule is COc1ccc(S(=O)(=O)N2CCC[C@]3(C2)OC(=O)c2ccccc23)cc1F. The van der Waals surface area contributed by atoms with Crippen LogP contribution in [0.1, 0.15) is 28.8 Å². The van der Waals surface area contributed by atoms with Crippen molar-refractivity contribution in [3.63, 3.8) is 0 Å². The van der Waals surface area contributed by atoms with Gasteiger partial charge in [-0.2, -0.15) is 4.31 Å². The third-order valence-electron chi connectivity index (χ3n) is 5.11. The Morgan fingerprint density at radius 3 is 2.74 bits per heavy atom. The number of carbonyl (C=O) groups excluding carboxylic acids is 1. The zero-order chi connectivity index (χ0) is 19.2. The summed E-state index contributed by atoms with van der Waals surface area (Å²) < 4.78 is 51.9. The van der Waals surface area contributed by atoms with E-state index in [0.29, 0.717) is 24.0 Å². The van der Waals surface area contributed by atoms with Gasteiger partial charge in [-0.3, -0.25) is 0 Å². The van der Waals surface area contributed by atoms with Crippen molar-refractivity contribution < 1.29 is 27.1 Å². The van der Waals surface area contributed by atoms with E-state index in [4.69, 9.17) is 9.47 Å². The Kier molecular flexibility index (Phi) is 4.20. The fourth-order valence-corrected chi connectivity index (χ4v) is 5.33. The number of ether oxygens (including phenoxy) is 2. The van der Waals surface area contributed by atoms with E-state index in [2.05, 4.69) is 0 Å². The van der Waals surface area contributed by atoms with Crippen molar-refractivity contribution in [2.24, 2.45) is 0 Å². The van der Waals surface area contributed by atoms with Gasteiger partial charge in [0.2, 0.25) is 10.0 Å². The lowest BCUT2D eigenvalue weighted by Crippen LogP contribution is -2.48. The molecule has 2 aromatic carbocycles. The summed E-state index contributed by atoms with van der Waals surface area (Å²) in [6, 6.07) is 10.6. The number of nitrogens with zero attached hydrogens (tertiary/aromatic N) is 1. The maximum Gasteiger partial charge on any atom is 0.339 e. The van der Waals surface area contributed by atoms with Gasteiger partial charge in [0, 0.05) is 12.1 Å². The van der Waals surface area contributed by atoms with Crippen LogP contribution in [0.25, 0.3) is 0 Å². The minimum atomic E-state index is -3.95. The molecule has 0 aromatic heterocycles.